The minimum absolute atomic E-state index is 0.292. The molecule has 0 aromatic carbocycles. The number of aryl methyl sites for hydroxylation is 1. The summed E-state index contributed by atoms with van der Waals surface area (Å²) in [6, 6.07) is 4.30. The summed E-state index contributed by atoms with van der Waals surface area (Å²) in [5.74, 6) is 3.07. The van der Waals surface area contributed by atoms with E-state index in [4.69, 9.17) is 10.7 Å². The molecule has 0 spiro atoms. The van der Waals surface area contributed by atoms with Gasteiger partial charge in [0.1, 0.15) is 11.3 Å². The number of fused-ring (bicyclic) bond motifs is 3. The fraction of sp³-hybridized carbons (Fsp3) is 0.600. The van der Waals surface area contributed by atoms with E-state index in [0.717, 1.165) is 23.6 Å². The summed E-state index contributed by atoms with van der Waals surface area (Å²) >= 11 is 0. The third-order valence-electron chi connectivity index (χ3n) is 5.13. The van der Waals surface area contributed by atoms with E-state index in [-0.39, 0.29) is 0 Å². The SMILES string of the molecule is CCn1c(C2C3CCC(C3)C2N)nc2cccnc21. The Morgan fingerprint density at radius 2 is 2.21 bits per heavy atom. The Morgan fingerprint density at radius 1 is 1.37 bits per heavy atom. The monoisotopic (exact) mass is 256 g/mol. The Morgan fingerprint density at radius 3 is 2.95 bits per heavy atom. The first-order valence-corrected chi connectivity index (χ1v) is 7.36. The minimum Gasteiger partial charge on any atom is -0.327 e. The second-order valence-electron chi connectivity index (χ2n) is 6.00. The topological polar surface area (TPSA) is 56.7 Å². The maximum atomic E-state index is 6.47. The van der Waals surface area contributed by atoms with Gasteiger partial charge in [-0.15, -0.1) is 0 Å². The molecule has 2 aromatic heterocycles. The van der Waals surface area contributed by atoms with Gasteiger partial charge in [-0.1, -0.05) is 0 Å². The van der Waals surface area contributed by atoms with Crippen LogP contribution in [-0.2, 0) is 6.54 Å². The van der Waals surface area contributed by atoms with Crippen molar-refractivity contribution in [1.29, 1.82) is 0 Å². The first kappa shape index (κ1) is 11.4. The van der Waals surface area contributed by atoms with Gasteiger partial charge in [-0.05, 0) is 50.2 Å². The number of nitrogens with zero attached hydrogens (tertiary/aromatic N) is 3. The van der Waals surface area contributed by atoms with Crippen LogP contribution in [0.25, 0.3) is 11.2 Å². The lowest BCUT2D eigenvalue weighted by molar-refractivity contribution is 0.347. The summed E-state index contributed by atoms with van der Waals surface area (Å²) in [6.07, 6.45) is 5.78. The molecule has 4 rings (SSSR count). The minimum atomic E-state index is 0.292. The molecular weight excluding hydrogens is 236 g/mol. The van der Waals surface area contributed by atoms with E-state index >= 15 is 0 Å². The molecule has 100 valence electrons. The van der Waals surface area contributed by atoms with Crippen LogP contribution in [0, 0.1) is 11.8 Å². The first-order chi connectivity index (χ1) is 9.29. The fourth-order valence-electron chi connectivity index (χ4n) is 4.26. The highest BCUT2D eigenvalue weighted by Gasteiger charge is 2.48. The standard InChI is InChI=1S/C15H20N4/c1-2-19-14-11(4-3-7-17-14)18-15(19)12-9-5-6-10(8-9)13(12)16/h3-4,7,9-10,12-13H,2,5-6,8,16H2,1H3. The van der Waals surface area contributed by atoms with E-state index in [1.165, 1.54) is 25.1 Å². The zero-order valence-electron chi connectivity index (χ0n) is 11.3. The summed E-state index contributed by atoms with van der Waals surface area (Å²) < 4.78 is 2.26. The second kappa shape index (κ2) is 4.04. The van der Waals surface area contributed by atoms with Gasteiger partial charge in [-0.25, -0.2) is 9.97 Å². The average Bonchev–Trinajstić information content (AvgIpc) is 3.09. The Kier molecular flexibility index (Phi) is 2.42. The van der Waals surface area contributed by atoms with Crippen molar-refractivity contribution in [3.8, 4) is 0 Å². The molecule has 2 saturated carbocycles. The molecule has 4 atom stereocenters. The van der Waals surface area contributed by atoms with Crippen LogP contribution in [0.4, 0.5) is 0 Å². The molecule has 4 heteroatoms. The molecule has 0 amide bonds. The van der Waals surface area contributed by atoms with Gasteiger partial charge in [0.2, 0.25) is 0 Å². The molecule has 0 saturated heterocycles. The van der Waals surface area contributed by atoms with Crippen LogP contribution in [0.5, 0.6) is 0 Å². The van der Waals surface area contributed by atoms with Crippen LogP contribution in [0.2, 0.25) is 0 Å². The predicted octanol–water partition coefficient (Wildman–Crippen LogP) is 2.29. The Hall–Kier alpha value is -1.42. The van der Waals surface area contributed by atoms with Gasteiger partial charge in [0.15, 0.2) is 5.65 Å². The number of rotatable bonds is 2. The van der Waals surface area contributed by atoms with Crippen molar-refractivity contribution in [2.75, 3.05) is 0 Å². The van der Waals surface area contributed by atoms with Crippen LogP contribution in [-0.4, -0.2) is 20.6 Å². The van der Waals surface area contributed by atoms with Gasteiger partial charge in [0, 0.05) is 24.7 Å². The van der Waals surface area contributed by atoms with Crippen molar-refractivity contribution in [2.24, 2.45) is 17.6 Å². The van der Waals surface area contributed by atoms with Gasteiger partial charge in [-0.2, -0.15) is 0 Å². The summed E-state index contributed by atoms with van der Waals surface area (Å²) in [5, 5.41) is 0. The molecule has 2 bridgehead atoms. The highest BCUT2D eigenvalue weighted by Crippen LogP contribution is 2.52. The molecule has 2 fully saturated rings. The number of imidazole rings is 1. The van der Waals surface area contributed by atoms with Crippen LogP contribution >= 0.6 is 0 Å². The van der Waals surface area contributed by atoms with Crippen molar-refractivity contribution in [1.82, 2.24) is 14.5 Å². The molecule has 2 N–H and O–H groups in total. The lowest BCUT2D eigenvalue weighted by atomic mass is 9.84. The fourth-order valence-corrected chi connectivity index (χ4v) is 4.26. The van der Waals surface area contributed by atoms with Crippen LogP contribution in [0.15, 0.2) is 18.3 Å². The van der Waals surface area contributed by atoms with Crippen LogP contribution in [0.1, 0.15) is 37.9 Å². The molecule has 2 aromatic rings. The van der Waals surface area contributed by atoms with Crippen molar-refractivity contribution in [3.63, 3.8) is 0 Å². The molecular formula is C15H20N4. The average molecular weight is 256 g/mol. The lowest BCUT2D eigenvalue weighted by Gasteiger charge is -2.27. The van der Waals surface area contributed by atoms with Gasteiger partial charge in [0.05, 0.1) is 0 Å². The number of aromatic nitrogens is 3. The Labute approximate surface area is 113 Å². The number of hydrogen-bond acceptors (Lipinski definition) is 3. The van der Waals surface area contributed by atoms with Crippen LogP contribution in [0.3, 0.4) is 0 Å². The van der Waals surface area contributed by atoms with Crippen molar-refractivity contribution in [3.05, 3.63) is 24.2 Å². The van der Waals surface area contributed by atoms with Gasteiger partial charge in [0.25, 0.3) is 0 Å². The molecule has 0 radical (unpaired) electrons. The molecule has 0 aliphatic heterocycles. The Bertz CT molecular complexity index is 616. The predicted molar refractivity (Wildman–Crippen MR) is 74.7 cm³/mol. The number of nitrogens with two attached hydrogens (primary N) is 1. The van der Waals surface area contributed by atoms with E-state index < -0.39 is 0 Å². The quantitative estimate of drug-likeness (QED) is 0.897. The molecule has 2 heterocycles. The first-order valence-electron chi connectivity index (χ1n) is 7.36. The van der Waals surface area contributed by atoms with Crippen LogP contribution < -0.4 is 5.73 Å². The van der Waals surface area contributed by atoms with Gasteiger partial charge < -0.3 is 10.3 Å². The third-order valence-corrected chi connectivity index (χ3v) is 5.13. The van der Waals surface area contributed by atoms with E-state index in [2.05, 4.69) is 22.5 Å². The zero-order valence-corrected chi connectivity index (χ0v) is 11.3. The maximum Gasteiger partial charge on any atom is 0.159 e. The highest BCUT2D eigenvalue weighted by molar-refractivity contribution is 5.71. The largest absolute Gasteiger partial charge is 0.327 e. The third kappa shape index (κ3) is 1.49. The van der Waals surface area contributed by atoms with Crippen molar-refractivity contribution >= 4 is 11.2 Å². The smallest absolute Gasteiger partial charge is 0.159 e. The van der Waals surface area contributed by atoms with Crippen molar-refractivity contribution < 1.29 is 0 Å². The maximum absolute atomic E-state index is 6.47. The summed E-state index contributed by atoms with van der Waals surface area (Å²) in [7, 11) is 0. The summed E-state index contributed by atoms with van der Waals surface area (Å²) in [4.78, 5) is 9.35. The number of hydrogen-bond donors (Lipinski definition) is 1. The normalized spacial score (nSPS) is 33.4. The lowest BCUT2D eigenvalue weighted by Crippen LogP contribution is -2.35. The van der Waals surface area contributed by atoms with Gasteiger partial charge in [-0.3, -0.25) is 0 Å². The Balaban J connectivity index is 1.87. The molecule has 2 aliphatic rings. The van der Waals surface area contributed by atoms with E-state index in [0.29, 0.717) is 17.9 Å². The van der Waals surface area contributed by atoms with E-state index in [1.54, 1.807) is 0 Å². The molecule has 2 aliphatic carbocycles. The van der Waals surface area contributed by atoms with Crippen molar-refractivity contribution in [2.45, 2.75) is 44.7 Å². The van der Waals surface area contributed by atoms with E-state index in [9.17, 15) is 0 Å². The number of pyridine rings is 1. The van der Waals surface area contributed by atoms with Gasteiger partial charge >= 0.3 is 0 Å². The van der Waals surface area contributed by atoms with E-state index in [1.807, 2.05) is 12.3 Å². The zero-order chi connectivity index (χ0) is 13.0. The summed E-state index contributed by atoms with van der Waals surface area (Å²) in [5.41, 5.74) is 8.49. The molecule has 4 nitrogen and oxygen atoms in total. The molecule has 19 heavy (non-hydrogen) atoms. The second-order valence-corrected chi connectivity index (χ2v) is 6.00. The summed E-state index contributed by atoms with van der Waals surface area (Å²) in [6.45, 7) is 3.08. The molecule has 4 unspecified atom stereocenters. The highest BCUT2D eigenvalue weighted by atomic mass is 15.1.